The van der Waals surface area contributed by atoms with Gasteiger partial charge in [-0.2, -0.15) is 0 Å². The Labute approximate surface area is 215 Å². The van der Waals surface area contributed by atoms with Gasteiger partial charge in [0.25, 0.3) is 0 Å². The summed E-state index contributed by atoms with van der Waals surface area (Å²) in [5.41, 5.74) is 9.97. The minimum Gasteiger partial charge on any atom is -0.494 e. The monoisotopic (exact) mass is 519 g/mol. The first-order chi connectivity index (χ1) is 17.6. The number of H-pyrrole nitrogens is 1. The highest BCUT2D eigenvalue weighted by atomic mass is 32.2. The van der Waals surface area contributed by atoms with Crippen LogP contribution in [0.25, 0.3) is 10.9 Å². The van der Waals surface area contributed by atoms with Crippen LogP contribution in [0.5, 0.6) is 5.88 Å². The fourth-order valence-corrected chi connectivity index (χ4v) is 4.78. The summed E-state index contributed by atoms with van der Waals surface area (Å²) in [5.74, 6) is -0.392. The number of nitrogens with zero attached hydrogens (tertiary/aromatic N) is 3. The number of rotatable bonds is 8. The summed E-state index contributed by atoms with van der Waals surface area (Å²) in [7, 11) is -0.612. The standard InChI is InChI=1S/C27H29N5O4S/c1-31(2)24(33)17-32(37(3,35)36)21-8-6-7-20(15-21)29-26(19-13-11-18(16-28)12-14-19)25-22-9-4-5-10-23(22)30-27(25)34/h4-15,30,34H,16-17,28H2,1-3H3. The lowest BCUT2D eigenvalue weighted by atomic mass is 9.99. The molecule has 192 valence electrons. The largest absolute Gasteiger partial charge is 0.494 e. The van der Waals surface area contributed by atoms with Crippen LogP contribution in [0.1, 0.15) is 16.7 Å². The minimum absolute atomic E-state index is 0.0339. The highest BCUT2D eigenvalue weighted by molar-refractivity contribution is 7.92. The SMILES string of the molecule is CN(C)C(=O)CN(c1cccc(N=C(c2ccc(CN)cc2)c2c(O)[nH]c3ccccc23)c1)S(C)(=O)=O. The first-order valence-corrected chi connectivity index (χ1v) is 13.4. The van der Waals surface area contributed by atoms with E-state index in [1.807, 2.05) is 48.5 Å². The summed E-state index contributed by atoms with van der Waals surface area (Å²) < 4.78 is 26.2. The Morgan fingerprint density at radius 2 is 1.73 bits per heavy atom. The maximum atomic E-state index is 12.6. The van der Waals surface area contributed by atoms with Crippen LogP contribution < -0.4 is 10.0 Å². The van der Waals surface area contributed by atoms with E-state index in [2.05, 4.69) is 4.98 Å². The molecule has 0 saturated heterocycles. The number of aliphatic imine (C=N–C) groups is 1. The van der Waals surface area contributed by atoms with Crippen LogP contribution >= 0.6 is 0 Å². The second kappa shape index (κ2) is 10.5. The molecule has 0 unspecified atom stereocenters. The summed E-state index contributed by atoms with van der Waals surface area (Å²) >= 11 is 0. The van der Waals surface area contributed by atoms with Crippen molar-refractivity contribution in [2.24, 2.45) is 10.7 Å². The molecule has 0 atom stereocenters. The first-order valence-electron chi connectivity index (χ1n) is 11.5. The number of likely N-dealkylation sites (N-methyl/N-ethyl adjacent to an activating group) is 1. The van der Waals surface area contributed by atoms with Crippen molar-refractivity contribution in [2.75, 3.05) is 31.2 Å². The van der Waals surface area contributed by atoms with Gasteiger partial charge in [-0.05, 0) is 29.8 Å². The molecule has 0 bridgehead atoms. The number of nitrogens with two attached hydrogens (primary N) is 1. The number of hydrogen-bond acceptors (Lipinski definition) is 6. The molecule has 0 aliphatic heterocycles. The molecule has 0 fully saturated rings. The summed E-state index contributed by atoms with van der Waals surface area (Å²) in [4.78, 5) is 21.5. The van der Waals surface area contributed by atoms with Crippen molar-refractivity contribution >= 4 is 43.9 Å². The molecule has 37 heavy (non-hydrogen) atoms. The molecule has 3 aromatic carbocycles. The molecule has 1 amide bonds. The highest BCUT2D eigenvalue weighted by Gasteiger charge is 2.23. The van der Waals surface area contributed by atoms with Crippen LogP contribution in [0, 0.1) is 0 Å². The lowest BCUT2D eigenvalue weighted by molar-refractivity contribution is -0.127. The van der Waals surface area contributed by atoms with E-state index in [1.165, 1.54) is 4.90 Å². The first kappa shape index (κ1) is 25.9. The number of carbonyl (C=O) groups excluding carboxylic acids is 1. The molecule has 10 heteroatoms. The Balaban J connectivity index is 1.88. The van der Waals surface area contributed by atoms with Crippen molar-refractivity contribution in [3.8, 4) is 5.88 Å². The van der Waals surface area contributed by atoms with E-state index in [1.54, 1.807) is 38.4 Å². The van der Waals surface area contributed by atoms with Crippen LogP contribution in [-0.2, 0) is 21.4 Å². The minimum atomic E-state index is -3.75. The number of sulfonamides is 1. The van der Waals surface area contributed by atoms with Crippen molar-refractivity contribution < 1.29 is 18.3 Å². The molecule has 9 nitrogen and oxygen atoms in total. The van der Waals surface area contributed by atoms with Crippen molar-refractivity contribution in [3.05, 3.63) is 89.5 Å². The van der Waals surface area contributed by atoms with Gasteiger partial charge >= 0.3 is 0 Å². The zero-order valence-corrected chi connectivity index (χ0v) is 21.7. The third kappa shape index (κ3) is 5.65. The Bertz CT molecular complexity index is 1570. The number of hydrogen-bond donors (Lipinski definition) is 3. The van der Waals surface area contributed by atoms with Crippen LogP contribution in [0.15, 0.2) is 77.8 Å². The summed E-state index contributed by atoms with van der Waals surface area (Å²) in [6.07, 6.45) is 1.06. The van der Waals surface area contributed by atoms with E-state index in [0.29, 0.717) is 29.2 Å². The van der Waals surface area contributed by atoms with Crippen molar-refractivity contribution in [1.82, 2.24) is 9.88 Å². The zero-order valence-electron chi connectivity index (χ0n) is 20.8. The lowest BCUT2D eigenvalue weighted by Crippen LogP contribution is -2.39. The maximum Gasteiger partial charge on any atom is 0.242 e. The topological polar surface area (TPSA) is 132 Å². The number of amides is 1. The van der Waals surface area contributed by atoms with Gasteiger partial charge in [0, 0.05) is 37.1 Å². The second-order valence-corrected chi connectivity index (χ2v) is 10.7. The number of para-hydroxylation sites is 1. The fourth-order valence-electron chi connectivity index (χ4n) is 3.94. The highest BCUT2D eigenvalue weighted by Crippen LogP contribution is 2.32. The fraction of sp³-hybridized carbons (Fsp3) is 0.185. The second-order valence-electron chi connectivity index (χ2n) is 8.83. The smallest absolute Gasteiger partial charge is 0.242 e. The third-order valence-electron chi connectivity index (χ3n) is 5.92. The third-order valence-corrected chi connectivity index (χ3v) is 7.06. The van der Waals surface area contributed by atoms with Gasteiger partial charge in [-0.15, -0.1) is 0 Å². The van der Waals surface area contributed by atoms with Gasteiger partial charge in [-0.25, -0.2) is 13.4 Å². The van der Waals surface area contributed by atoms with Gasteiger partial charge in [-0.3, -0.25) is 9.10 Å². The van der Waals surface area contributed by atoms with Gasteiger partial charge in [0.2, 0.25) is 15.9 Å². The van der Waals surface area contributed by atoms with E-state index in [4.69, 9.17) is 10.7 Å². The molecule has 0 saturated carbocycles. The Morgan fingerprint density at radius 1 is 1.03 bits per heavy atom. The number of aromatic hydroxyl groups is 1. The molecule has 1 aromatic heterocycles. The van der Waals surface area contributed by atoms with Crippen LogP contribution in [0.4, 0.5) is 11.4 Å². The van der Waals surface area contributed by atoms with E-state index < -0.39 is 10.0 Å². The predicted octanol–water partition coefficient (Wildman–Crippen LogP) is 3.36. The molecular formula is C27H29N5O4S. The number of benzene rings is 3. The summed E-state index contributed by atoms with van der Waals surface area (Å²) in [6.45, 7) is 0.0514. The van der Waals surface area contributed by atoms with Gasteiger partial charge in [-0.1, -0.05) is 48.5 Å². The molecule has 0 radical (unpaired) electrons. The van der Waals surface area contributed by atoms with Gasteiger partial charge < -0.3 is 20.7 Å². The normalized spacial score (nSPS) is 12.1. The zero-order chi connectivity index (χ0) is 26.7. The Kier molecular flexibility index (Phi) is 7.33. The molecule has 0 spiro atoms. The molecule has 1 heterocycles. The van der Waals surface area contributed by atoms with Crippen molar-refractivity contribution in [3.63, 3.8) is 0 Å². The maximum absolute atomic E-state index is 12.6. The van der Waals surface area contributed by atoms with E-state index in [9.17, 15) is 18.3 Å². The van der Waals surface area contributed by atoms with Crippen LogP contribution in [0.3, 0.4) is 0 Å². The average Bonchev–Trinajstić information content (AvgIpc) is 3.20. The van der Waals surface area contributed by atoms with E-state index in [0.717, 1.165) is 32.6 Å². The molecule has 4 N–H and O–H groups in total. The number of aromatic amines is 1. The predicted molar refractivity (Wildman–Crippen MR) is 147 cm³/mol. The number of nitrogens with one attached hydrogen (secondary N) is 1. The van der Waals surface area contributed by atoms with Gasteiger partial charge in [0.1, 0.15) is 6.54 Å². The number of aromatic nitrogens is 1. The van der Waals surface area contributed by atoms with Gasteiger partial charge in [0.05, 0.1) is 28.9 Å². The average molecular weight is 520 g/mol. The molecule has 0 aliphatic carbocycles. The quantitative estimate of drug-likeness (QED) is 0.307. The number of anilines is 1. The molecule has 4 rings (SSSR count). The summed E-state index contributed by atoms with van der Waals surface area (Å²) in [5, 5.41) is 11.6. The Hall–Kier alpha value is -4.15. The van der Waals surface area contributed by atoms with Crippen LogP contribution in [0.2, 0.25) is 0 Å². The molecule has 0 aliphatic rings. The number of carbonyl (C=O) groups is 1. The van der Waals surface area contributed by atoms with E-state index in [-0.39, 0.29) is 18.3 Å². The van der Waals surface area contributed by atoms with Crippen LogP contribution in [-0.4, -0.2) is 61.9 Å². The van der Waals surface area contributed by atoms with Gasteiger partial charge in [0.15, 0.2) is 5.88 Å². The summed E-state index contributed by atoms with van der Waals surface area (Å²) in [6, 6.07) is 21.7. The number of fused-ring (bicyclic) bond motifs is 1. The molecular weight excluding hydrogens is 490 g/mol. The van der Waals surface area contributed by atoms with Crippen molar-refractivity contribution in [2.45, 2.75) is 6.54 Å². The lowest BCUT2D eigenvalue weighted by Gasteiger charge is -2.23. The van der Waals surface area contributed by atoms with E-state index >= 15 is 0 Å². The molecule has 4 aromatic rings. The van der Waals surface area contributed by atoms with Crippen molar-refractivity contribution in [1.29, 1.82) is 0 Å². The Morgan fingerprint density at radius 3 is 2.38 bits per heavy atom.